The third-order valence-electron chi connectivity index (χ3n) is 5.26. The van der Waals surface area contributed by atoms with E-state index in [1.165, 1.54) is 64.6 Å². The van der Waals surface area contributed by atoms with Crippen molar-refractivity contribution >= 4 is 0 Å². The molecule has 1 aliphatic carbocycles. The van der Waals surface area contributed by atoms with Crippen molar-refractivity contribution in [1.29, 1.82) is 0 Å². The smallest absolute Gasteiger partial charge is 0.0218 e. The molecule has 1 N–H and O–H groups in total. The van der Waals surface area contributed by atoms with Crippen molar-refractivity contribution in [2.75, 3.05) is 19.6 Å². The van der Waals surface area contributed by atoms with Crippen LogP contribution in [0, 0.1) is 11.8 Å². The van der Waals surface area contributed by atoms with E-state index in [2.05, 4.69) is 31.0 Å². The second-order valence-corrected chi connectivity index (χ2v) is 7.05. The SMILES string of the molecule is CCCC1CN(CC2CCCC(C)C2)C(CC)CN1. The van der Waals surface area contributed by atoms with Gasteiger partial charge in [0.2, 0.25) is 0 Å². The first-order chi connectivity index (χ1) is 9.22. The van der Waals surface area contributed by atoms with Crippen molar-refractivity contribution < 1.29 is 0 Å². The summed E-state index contributed by atoms with van der Waals surface area (Å²) >= 11 is 0. The highest BCUT2D eigenvalue weighted by atomic mass is 15.2. The summed E-state index contributed by atoms with van der Waals surface area (Å²) < 4.78 is 0. The summed E-state index contributed by atoms with van der Waals surface area (Å²) in [7, 11) is 0. The lowest BCUT2D eigenvalue weighted by Gasteiger charge is -2.43. The molecular formula is C17H34N2. The lowest BCUT2D eigenvalue weighted by molar-refractivity contribution is 0.0882. The van der Waals surface area contributed by atoms with Crippen LogP contribution in [0.25, 0.3) is 0 Å². The minimum atomic E-state index is 0.744. The minimum absolute atomic E-state index is 0.744. The zero-order valence-corrected chi connectivity index (χ0v) is 13.3. The van der Waals surface area contributed by atoms with Gasteiger partial charge in [-0.25, -0.2) is 0 Å². The molecule has 2 nitrogen and oxygen atoms in total. The summed E-state index contributed by atoms with van der Waals surface area (Å²) in [6.07, 6.45) is 9.83. The maximum atomic E-state index is 3.76. The summed E-state index contributed by atoms with van der Waals surface area (Å²) in [6.45, 7) is 11.0. The molecule has 0 aromatic heterocycles. The molecule has 0 amide bonds. The molecule has 4 unspecified atom stereocenters. The largest absolute Gasteiger partial charge is 0.311 e. The van der Waals surface area contributed by atoms with Crippen LogP contribution in [-0.2, 0) is 0 Å². The molecule has 2 fully saturated rings. The molecule has 0 spiro atoms. The fourth-order valence-electron chi connectivity index (χ4n) is 4.15. The standard InChI is InChI=1S/C17H34N2/c1-4-7-16-13-19(17(5-2)11-18-16)12-15-9-6-8-14(3)10-15/h14-18H,4-13H2,1-3H3. The van der Waals surface area contributed by atoms with E-state index in [0.717, 1.165) is 23.9 Å². The molecule has 0 bridgehead atoms. The number of piperazine rings is 1. The number of rotatable bonds is 5. The van der Waals surface area contributed by atoms with E-state index in [-0.39, 0.29) is 0 Å². The Morgan fingerprint density at radius 3 is 2.74 bits per heavy atom. The van der Waals surface area contributed by atoms with Crippen LogP contribution in [0.5, 0.6) is 0 Å². The molecule has 2 heteroatoms. The Hall–Kier alpha value is -0.0800. The average molecular weight is 266 g/mol. The van der Waals surface area contributed by atoms with E-state index in [1.807, 2.05) is 0 Å². The predicted octanol–water partition coefficient (Wildman–Crippen LogP) is 3.67. The van der Waals surface area contributed by atoms with E-state index in [9.17, 15) is 0 Å². The second kappa shape index (κ2) is 7.64. The Morgan fingerprint density at radius 2 is 2.05 bits per heavy atom. The molecule has 1 saturated carbocycles. The molecule has 1 saturated heterocycles. The highest BCUT2D eigenvalue weighted by Gasteiger charge is 2.29. The molecule has 2 aliphatic rings. The minimum Gasteiger partial charge on any atom is -0.311 e. The molecule has 112 valence electrons. The van der Waals surface area contributed by atoms with Gasteiger partial charge in [0.15, 0.2) is 0 Å². The van der Waals surface area contributed by atoms with Crippen molar-refractivity contribution in [3.05, 3.63) is 0 Å². The van der Waals surface area contributed by atoms with E-state index >= 15 is 0 Å². The van der Waals surface area contributed by atoms with Gasteiger partial charge in [-0.3, -0.25) is 4.90 Å². The molecule has 4 atom stereocenters. The van der Waals surface area contributed by atoms with Crippen LogP contribution in [0.2, 0.25) is 0 Å². The second-order valence-electron chi connectivity index (χ2n) is 7.05. The van der Waals surface area contributed by atoms with Crippen LogP contribution < -0.4 is 5.32 Å². The number of nitrogens with one attached hydrogen (secondary N) is 1. The lowest BCUT2D eigenvalue weighted by atomic mass is 9.82. The first-order valence-corrected chi connectivity index (χ1v) is 8.70. The summed E-state index contributed by atoms with van der Waals surface area (Å²) in [4.78, 5) is 2.82. The van der Waals surface area contributed by atoms with Crippen molar-refractivity contribution in [3.63, 3.8) is 0 Å². The molecule has 1 aliphatic heterocycles. The Kier molecular flexibility index (Phi) is 6.15. The molecule has 0 radical (unpaired) electrons. The zero-order chi connectivity index (χ0) is 13.7. The fourth-order valence-corrected chi connectivity index (χ4v) is 4.15. The molecule has 1 heterocycles. The van der Waals surface area contributed by atoms with Crippen LogP contribution in [-0.4, -0.2) is 36.6 Å². The van der Waals surface area contributed by atoms with Gasteiger partial charge in [-0.1, -0.05) is 40.0 Å². The molecule has 2 rings (SSSR count). The maximum absolute atomic E-state index is 3.76. The van der Waals surface area contributed by atoms with Gasteiger partial charge in [0, 0.05) is 31.7 Å². The number of nitrogens with zero attached hydrogens (tertiary/aromatic N) is 1. The molecule has 19 heavy (non-hydrogen) atoms. The average Bonchev–Trinajstić information content (AvgIpc) is 2.39. The number of hydrogen-bond acceptors (Lipinski definition) is 2. The third-order valence-corrected chi connectivity index (χ3v) is 5.26. The van der Waals surface area contributed by atoms with Crippen molar-refractivity contribution in [2.45, 2.75) is 77.8 Å². The van der Waals surface area contributed by atoms with Crippen LogP contribution in [0.4, 0.5) is 0 Å². The highest BCUT2D eigenvalue weighted by molar-refractivity contribution is 4.87. The van der Waals surface area contributed by atoms with Gasteiger partial charge in [-0.15, -0.1) is 0 Å². The third kappa shape index (κ3) is 4.46. The van der Waals surface area contributed by atoms with Gasteiger partial charge < -0.3 is 5.32 Å². The van der Waals surface area contributed by atoms with Crippen LogP contribution >= 0.6 is 0 Å². The summed E-state index contributed by atoms with van der Waals surface area (Å²) in [6, 6.07) is 1.53. The van der Waals surface area contributed by atoms with Gasteiger partial charge in [0.1, 0.15) is 0 Å². The Morgan fingerprint density at radius 1 is 1.21 bits per heavy atom. The van der Waals surface area contributed by atoms with Gasteiger partial charge >= 0.3 is 0 Å². The lowest BCUT2D eigenvalue weighted by Crippen LogP contribution is -2.57. The topological polar surface area (TPSA) is 15.3 Å². The number of hydrogen-bond donors (Lipinski definition) is 1. The van der Waals surface area contributed by atoms with Crippen LogP contribution in [0.15, 0.2) is 0 Å². The Bertz CT molecular complexity index is 254. The van der Waals surface area contributed by atoms with Gasteiger partial charge in [-0.05, 0) is 37.5 Å². The Labute approximate surface area is 120 Å². The van der Waals surface area contributed by atoms with Gasteiger partial charge in [0.05, 0.1) is 0 Å². The highest BCUT2D eigenvalue weighted by Crippen LogP contribution is 2.30. The molecule has 0 aromatic rings. The zero-order valence-electron chi connectivity index (χ0n) is 13.3. The summed E-state index contributed by atoms with van der Waals surface area (Å²) in [5.74, 6) is 1.94. The first kappa shape index (κ1) is 15.3. The predicted molar refractivity (Wildman–Crippen MR) is 83.5 cm³/mol. The summed E-state index contributed by atoms with van der Waals surface area (Å²) in [5.41, 5.74) is 0. The first-order valence-electron chi connectivity index (χ1n) is 8.70. The van der Waals surface area contributed by atoms with Crippen molar-refractivity contribution in [3.8, 4) is 0 Å². The van der Waals surface area contributed by atoms with Crippen LogP contribution in [0.1, 0.15) is 65.7 Å². The molecular weight excluding hydrogens is 232 g/mol. The van der Waals surface area contributed by atoms with E-state index < -0.39 is 0 Å². The Balaban J connectivity index is 1.86. The van der Waals surface area contributed by atoms with Gasteiger partial charge in [-0.2, -0.15) is 0 Å². The monoisotopic (exact) mass is 266 g/mol. The summed E-state index contributed by atoms with van der Waals surface area (Å²) in [5, 5.41) is 3.76. The maximum Gasteiger partial charge on any atom is 0.0218 e. The van der Waals surface area contributed by atoms with E-state index in [0.29, 0.717) is 0 Å². The van der Waals surface area contributed by atoms with Crippen molar-refractivity contribution in [2.24, 2.45) is 11.8 Å². The van der Waals surface area contributed by atoms with E-state index in [1.54, 1.807) is 0 Å². The normalized spacial score (nSPS) is 37.4. The quantitative estimate of drug-likeness (QED) is 0.817. The fraction of sp³-hybridized carbons (Fsp3) is 1.00. The van der Waals surface area contributed by atoms with E-state index in [4.69, 9.17) is 0 Å². The van der Waals surface area contributed by atoms with Crippen LogP contribution in [0.3, 0.4) is 0 Å². The van der Waals surface area contributed by atoms with Gasteiger partial charge in [0.25, 0.3) is 0 Å². The molecule has 0 aromatic carbocycles. The van der Waals surface area contributed by atoms with Crippen molar-refractivity contribution in [1.82, 2.24) is 10.2 Å².